The van der Waals surface area contributed by atoms with Crippen molar-refractivity contribution in [2.75, 3.05) is 13.1 Å². The van der Waals surface area contributed by atoms with Crippen LogP contribution in [-0.4, -0.2) is 35.7 Å². The Morgan fingerprint density at radius 1 is 0.870 bits per heavy atom. The molecule has 2 heterocycles. The fourth-order valence-electron chi connectivity index (χ4n) is 4.85. The molecule has 4 atom stereocenters. The summed E-state index contributed by atoms with van der Waals surface area (Å²) in [6, 6.07) is 0.628. The third kappa shape index (κ3) is 3.95. The maximum Gasteiger partial charge on any atom is 0.0678 e. The Balaban J connectivity index is 2.46. The molecule has 0 saturated carbocycles. The molecule has 0 aromatic rings. The summed E-state index contributed by atoms with van der Waals surface area (Å²) in [5.41, 5.74) is 0.371. The average Bonchev–Trinajstić information content (AvgIpc) is 2.39. The quantitative estimate of drug-likeness (QED) is 0.644. The van der Waals surface area contributed by atoms with Gasteiger partial charge in [0.25, 0.3) is 0 Å². The molecule has 3 unspecified atom stereocenters. The Bertz CT molecular complexity index is 395. The van der Waals surface area contributed by atoms with Gasteiger partial charge in [-0.2, -0.15) is 0 Å². The van der Waals surface area contributed by atoms with Gasteiger partial charge in [0.1, 0.15) is 0 Å². The van der Waals surface area contributed by atoms with E-state index in [9.17, 15) is 0 Å². The predicted octanol–water partition coefficient (Wildman–Crippen LogP) is 5.36. The molecule has 2 heteroatoms. The van der Waals surface area contributed by atoms with Gasteiger partial charge < -0.3 is 4.74 Å². The van der Waals surface area contributed by atoms with Crippen LogP contribution in [0.2, 0.25) is 0 Å². The fourth-order valence-corrected chi connectivity index (χ4v) is 4.85. The Hall–Kier alpha value is -0.0800. The minimum atomic E-state index is -0.0538. The lowest BCUT2D eigenvalue weighted by atomic mass is 9.60. The fraction of sp³-hybridized carbons (Fsp3) is 1.00. The first kappa shape index (κ1) is 19.2. The van der Waals surface area contributed by atoms with Crippen molar-refractivity contribution in [2.24, 2.45) is 22.7 Å². The average molecular weight is 324 g/mol. The molecule has 136 valence electrons. The van der Waals surface area contributed by atoms with Crippen LogP contribution in [0.15, 0.2) is 0 Å². The summed E-state index contributed by atoms with van der Waals surface area (Å²) in [4.78, 5) is 2.81. The van der Waals surface area contributed by atoms with Gasteiger partial charge >= 0.3 is 0 Å². The zero-order valence-electron chi connectivity index (χ0n) is 17.2. The van der Waals surface area contributed by atoms with Crippen LogP contribution in [0.3, 0.4) is 0 Å². The molecule has 0 aromatic heterocycles. The minimum absolute atomic E-state index is 0.0538. The summed E-state index contributed by atoms with van der Waals surface area (Å²) < 4.78 is 6.78. The monoisotopic (exact) mass is 323 g/mol. The molecular weight excluding hydrogens is 282 g/mol. The van der Waals surface area contributed by atoms with E-state index in [0.29, 0.717) is 24.0 Å². The third-order valence-corrected chi connectivity index (χ3v) is 6.40. The molecule has 2 saturated heterocycles. The van der Waals surface area contributed by atoms with Crippen molar-refractivity contribution < 1.29 is 4.74 Å². The molecule has 0 aliphatic carbocycles. The zero-order valence-corrected chi connectivity index (χ0v) is 17.2. The van der Waals surface area contributed by atoms with Crippen molar-refractivity contribution in [1.29, 1.82) is 0 Å². The smallest absolute Gasteiger partial charge is 0.0678 e. The van der Waals surface area contributed by atoms with Crippen LogP contribution in [-0.2, 0) is 4.74 Å². The Morgan fingerprint density at radius 2 is 1.39 bits per heavy atom. The summed E-state index contributed by atoms with van der Waals surface area (Å²) in [6.45, 7) is 23.9. The Labute approximate surface area is 145 Å². The second-order valence-electron chi connectivity index (χ2n) is 10.8. The first-order chi connectivity index (χ1) is 10.4. The van der Waals surface area contributed by atoms with Crippen molar-refractivity contribution in [3.8, 4) is 0 Å². The Morgan fingerprint density at radius 3 is 1.83 bits per heavy atom. The highest BCUT2D eigenvalue weighted by molar-refractivity contribution is 5.05. The van der Waals surface area contributed by atoms with Gasteiger partial charge in [0.15, 0.2) is 0 Å². The maximum atomic E-state index is 6.78. The standard InChI is InChI=1S/C21H41NO/c1-15-17(22-13-11-10-12-14-22)16(19(2,3)4)18(20(5,6)7)23-21(15,8)9/h15-18H,10-14H2,1-9H3/t15-,16?,17?,18?/m0/s1. The molecule has 2 aliphatic heterocycles. The van der Waals surface area contributed by atoms with Gasteiger partial charge in [0, 0.05) is 17.9 Å². The number of hydrogen-bond acceptors (Lipinski definition) is 2. The number of likely N-dealkylation sites (tertiary alicyclic amines) is 1. The number of ether oxygens (including phenoxy) is 1. The summed E-state index contributed by atoms with van der Waals surface area (Å²) in [5.74, 6) is 1.13. The topological polar surface area (TPSA) is 12.5 Å². The molecule has 2 fully saturated rings. The highest BCUT2D eigenvalue weighted by Crippen LogP contribution is 2.51. The highest BCUT2D eigenvalue weighted by Gasteiger charge is 2.55. The van der Waals surface area contributed by atoms with Crippen molar-refractivity contribution in [3.63, 3.8) is 0 Å². The van der Waals surface area contributed by atoms with Crippen molar-refractivity contribution in [2.45, 2.75) is 99.3 Å². The summed E-state index contributed by atoms with van der Waals surface area (Å²) in [6.07, 6.45) is 4.43. The summed E-state index contributed by atoms with van der Waals surface area (Å²) >= 11 is 0. The lowest BCUT2D eigenvalue weighted by Crippen LogP contribution is -2.66. The molecule has 0 bridgehead atoms. The highest BCUT2D eigenvalue weighted by atomic mass is 16.5. The van der Waals surface area contributed by atoms with Crippen LogP contribution in [0.4, 0.5) is 0 Å². The van der Waals surface area contributed by atoms with E-state index in [-0.39, 0.29) is 16.4 Å². The number of piperidine rings is 1. The molecule has 0 amide bonds. The molecule has 0 N–H and O–H groups in total. The lowest BCUT2D eigenvalue weighted by molar-refractivity contribution is -0.243. The summed E-state index contributed by atoms with van der Waals surface area (Å²) in [7, 11) is 0. The van der Waals surface area contributed by atoms with E-state index in [1.54, 1.807) is 0 Å². The second kappa shape index (κ2) is 6.33. The molecule has 23 heavy (non-hydrogen) atoms. The van der Waals surface area contributed by atoms with Gasteiger partial charge in [-0.1, -0.05) is 54.9 Å². The number of hydrogen-bond donors (Lipinski definition) is 0. The minimum Gasteiger partial charge on any atom is -0.371 e. The van der Waals surface area contributed by atoms with E-state index in [0.717, 1.165) is 0 Å². The van der Waals surface area contributed by atoms with E-state index in [1.807, 2.05) is 0 Å². The molecule has 2 rings (SSSR count). The van der Waals surface area contributed by atoms with Crippen LogP contribution in [0.25, 0.3) is 0 Å². The van der Waals surface area contributed by atoms with E-state index < -0.39 is 0 Å². The van der Waals surface area contributed by atoms with Crippen molar-refractivity contribution >= 4 is 0 Å². The van der Waals surface area contributed by atoms with Gasteiger partial charge in [-0.25, -0.2) is 0 Å². The number of rotatable bonds is 1. The van der Waals surface area contributed by atoms with Gasteiger partial charge in [-0.3, -0.25) is 4.90 Å². The van der Waals surface area contributed by atoms with E-state index in [2.05, 4.69) is 67.2 Å². The van der Waals surface area contributed by atoms with Crippen molar-refractivity contribution in [1.82, 2.24) is 4.90 Å². The molecule has 0 aromatic carbocycles. The lowest BCUT2D eigenvalue weighted by Gasteiger charge is -2.60. The van der Waals surface area contributed by atoms with Crippen LogP contribution in [0.1, 0.15) is 81.6 Å². The molecule has 0 spiro atoms. The molecular formula is C21H41NO. The maximum absolute atomic E-state index is 6.78. The largest absolute Gasteiger partial charge is 0.371 e. The Kier molecular flexibility index (Phi) is 5.30. The predicted molar refractivity (Wildman–Crippen MR) is 99.7 cm³/mol. The van der Waals surface area contributed by atoms with Crippen LogP contribution in [0.5, 0.6) is 0 Å². The van der Waals surface area contributed by atoms with Gasteiger partial charge in [0.05, 0.1) is 11.7 Å². The second-order valence-corrected chi connectivity index (χ2v) is 10.8. The summed E-state index contributed by atoms with van der Waals surface area (Å²) in [5, 5.41) is 0. The zero-order chi connectivity index (χ0) is 17.6. The van der Waals surface area contributed by atoms with Crippen molar-refractivity contribution in [3.05, 3.63) is 0 Å². The van der Waals surface area contributed by atoms with Crippen LogP contribution < -0.4 is 0 Å². The van der Waals surface area contributed by atoms with Crippen LogP contribution >= 0.6 is 0 Å². The normalized spacial score (nSPS) is 36.9. The molecule has 2 nitrogen and oxygen atoms in total. The van der Waals surface area contributed by atoms with Gasteiger partial charge in [-0.05, 0) is 50.6 Å². The third-order valence-electron chi connectivity index (χ3n) is 6.40. The number of nitrogens with zero attached hydrogens (tertiary/aromatic N) is 1. The molecule has 0 radical (unpaired) electrons. The first-order valence-electron chi connectivity index (χ1n) is 9.77. The first-order valence-corrected chi connectivity index (χ1v) is 9.77. The van der Waals surface area contributed by atoms with E-state index in [4.69, 9.17) is 4.74 Å². The van der Waals surface area contributed by atoms with Gasteiger partial charge in [0.2, 0.25) is 0 Å². The van der Waals surface area contributed by atoms with Gasteiger partial charge in [-0.15, -0.1) is 0 Å². The SMILES string of the molecule is C[C@H]1C(N2CCCCC2)C(C(C)(C)C)C(C(C)(C)C)OC1(C)C. The van der Waals surface area contributed by atoms with Crippen LogP contribution in [0, 0.1) is 22.7 Å². The van der Waals surface area contributed by atoms with E-state index in [1.165, 1.54) is 32.4 Å². The molecule has 2 aliphatic rings. The van der Waals surface area contributed by atoms with E-state index >= 15 is 0 Å².